The van der Waals surface area contributed by atoms with Gasteiger partial charge in [0.05, 0.1) is 6.10 Å². The highest BCUT2D eigenvalue weighted by molar-refractivity contribution is 9.10. The maximum Gasteiger partial charge on any atom is 0.0595 e. The molecule has 0 aromatic heterocycles. The van der Waals surface area contributed by atoms with E-state index in [1.54, 1.807) is 0 Å². The van der Waals surface area contributed by atoms with Crippen molar-refractivity contribution >= 4 is 15.9 Å². The third kappa shape index (κ3) is 4.28. The number of hydrogen-bond donors (Lipinski definition) is 1. The van der Waals surface area contributed by atoms with Crippen LogP contribution < -0.4 is 5.73 Å². The summed E-state index contributed by atoms with van der Waals surface area (Å²) in [5, 5.41) is 0. The molecule has 1 unspecified atom stereocenters. The van der Waals surface area contributed by atoms with Crippen LogP contribution in [0.3, 0.4) is 0 Å². The number of methoxy groups -OCH3 is 1. The molecule has 1 aromatic rings. The largest absolute Gasteiger partial charge is 0.381 e. The average Bonchev–Trinajstić information content (AvgIpc) is 2.46. The molecule has 19 heavy (non-hydrogen) atoms. The van der Waals surface area contributed by atoms with Gasteiger partial charge in [0.25, 0.3) is 0 Å². The number of nitrogens with two attached hydrogens (primary N) is 1. The molecule has 1 aliphatic heterocycles. The van der Waals surface area contributed by atoms with Crippen LogP contribution in [-0.2, 0) is 4.74 Å². The summed E-state index contributed by atoms with van der Waals surface area (Å²) in [4.78, 5) is 2.49. The minimum atomic E-state index is 0.107. The third-order valence-electron chi connectivity index (χ3n) is 3.93. The first-order valence-corrected chi connectivity index (χ1v) is 7.75. The van der Waals surface area contributed by atoms with E-state index in [2.05, 4.69) is 33.0 Å². The van der Waals surface area contributed by atoms with Crippen molar-refractivity contribution in [3.05, 3.63) is 34.3 Å². The second-order valence-corrected chi connectivity index (χ2v) is 6.05. The Bertz CT molecular complexity index is 391. The summed E-state index contributed by atoms with van der Waals surface area (Å²) in [6.45, 7) is 3.32. The molecule has 1 aromatic carbocycles. The standard InChI is InChI=1S/C15H23BrN2O/c1-19-12-6-9-18(10-7-12)11-8-15(17)13-4-2-3-5-14(13)16/h2-5,12,15H,6-11,17H2,1H3. The van der Waals surface area contributed by atoms with Gasteiger partial charge in [0, 0.05) is 30.7 Å². The van der Waals surface area contributed by atoms with Gasteiger partial charge in [0.15, 0.2) is 0 Å². The van der Waals surface area contributed by atoms with Crippen LogP contribution in [0.25, 0.3) is 0 Å². The van der Waals surface area contributed by atoms with Crippen molar-refractivity contribution in [3.8, 4) is 0 Å². The van der Waals surface area contributed by atoms with Crippen molar-refractivity contribution in [3.63, 3.8) is 0 Å². The van der Waals surface area contributed by atoms with Crippen molar-refractivity contribution in [2.75, 3.05) is 26.7 Å². The molecular weight excluding hydrogens is 304 g/mol. The van der Waals surface area contributed by atoms with E-state index in [0.717, 1.165) is 43.4 Å². The Kier molecular flexibility index (Phi) is 5.82. The normalized spacial score (nSPS) is 19.5. The van der Waals surface area contributed by atoms with Gasteiger partial charge in [0.2, 0.25) is 0 Å². The molecule has 1 atom stereocenters. The quantitative estimate of drug-likeness (QED) is 0.904. The number of nitrogens with zero attached hydrogens (tertiary/aromatic N) is 1. The molecule has 0 amide bonds. The van der Waals surface area contributed by atoms with Crippen molar-refractivity contribution in [2.24, 2.45) is 5.73 Å². The molecule has 4 heteroatoms. The first-order valence-electron chi connectivity index (χ1n) is 6.96. The van der Waals surface area contributed by atoms with Gasteiger partial charge < -0.3 is 15.4 Å². The number of halogens is 1. The molecule has 0 aliphatic carbocycles. The Morgan fingerprint density at radius 1 is 1.37 bits per heavy atom. The fourth-order valence-electron chi connectivity index (χ4n) is 2.62. The Morgan fingerprint density at radius 3 is 2.68 bits per heavy atom. The minimum Gasteiger partial charge on any atom is -0.381 e. The van der Waals surface area contributed by atoms with E-state index >= 15 is 0 Å². The fraction of sp³-hybridized carbons (Fsp3) is 0.600. The predicted octanol–water partition coefficient (Wildman–Crippen LogP) is 2.95. The molecule has 0 bridgehead atoms. The molecule has 1 saturated heterocycles. The van der Waals surface area contributed by atoms with E-state index in [9.17, 15) is 0 Å². The summed E-state index contributed by atoms with van der Waals surface area (Å²) in [6, 6.07) is 8.33. The lowest BCUT2D eigenvalue weighted by molar-refractivity contribution is 0.0404. The van der Waals surface area contributed by atoms with E-state index in [0.29, 0.717) is 6.10 Å². The van der Waals surface area contributed by atoms with Crippen molar-refractivity contribution in [1.82, 2.24) is 4.90 Å². The van der Waals surface area contributed by atoms with Gasteiger partial charge in [-0.15, -0.1) is 0 Å². The van der Waals surface area contributed by atoms with Gasteiger partial charge in [0.1, 0.15) is 0 Å². The van der Waals surface area contributed by atoms with Crippen LogP contribution in [0.15, 0.2) is 28.7 Å². The molecule has 2 rings (SSSR count). The van der Waals surface area contributed by atoms with E-state index in [4.69, 9.17) is 10.5 Å². The highest BCUT2D eigenvalue weighted by Crippen LogP contribution is 2.24. The van der Waals surface area contributed by atoms with Crippen LogP contribution in [0.1, 0.15) is 30.9 Å². The van der Waals surface area contributed by atoms with Crippen LogP contribution in [0.2, 0.25) is 0 Å². The Hall–Kier alpha value is -0.420. The first kappa shape index (κ1) is 15.0. The zero-order chi connectivity index (χ0) is 13.7. The molecule has 1 aliphatic rings. The Labute approximate surface area is 124 Å². The molecule has 0 radical (unpaired) electrons. The molecule has 1 fully saturated rings. The second kappa shape index (κ2) is 7.39. The van der Waals surface area contributed by atoms with Crippen LogP contribution in [-0.4, -0.2) is 37.7 Å². The number of ether oxygens (including phenoxy) is 1. The van der Waals surface area contributed by atoms with E-state index < -0.39 is 0 Å². The molecular formula is C15H23BrN2O. The van der Waals surface area contributed by atoms with Gasteiger partial charge in [-0.2, -0.15) is 0 Å². The topological polar surface area (TPSA) is 38.5 Å². The number of hydrogen-bond acceptors (Lipinski definition) is 3. The van der Waals surface area contributed by atoms with Crippen molar-refractivity contribution < 1.29 is 4.74 Å². The van der Waals surface area contributed by atoms with Crippen molar-refractivity contribution in [1.29, 1.82) is 0 Å². The maximum atomic E-state index is 6.29. The number of likely N-dealkylation sites (tertiary alicyclic amines) is 1. The number of piperidine rings is 1. The highest BCUT2D eigenvalue weighted by Gasteiger charge is 2.19. The monoisotopic (exact) mass is 326 g/mol. The maximum absolute atomic E-state index is 6.29. The van der Waals surface area contributed by atoms with Gasteiger partial charge in [-0.3, -0.25) is 0 Å². The van der Waals surface area contributed by atoms with E-state index in [1.807, 2.05) is 19.2 Å². The average molecular weight is 327 g/mol. The summed E-state index contributed by atoms with van der Waals surface area (Å²) in [6.07, 6.45) is 3.73. The highest BCUT2D eigenvalue weighted by atomic mass is 79.9. The summed E-state index contributed by atoms with van der Waals surface area (Å²) in [5.74, 6) is 0. The van der Waals surface area contributed by atoms with Gasteiger partial charge >= 0.3 is 0 Å². The van der Waals surface area contributed by atoms with Crippen molar-refractivity contribution in [2.45, 2.75) is 31.4 Å². The summed E-state index contributed by atoms with van der Waals surface area (Å²) >= 11 is 3.57. The van der Waals surface area contributed by atoms with E-state index in [-0.39, 0.29) is 6.04 Å². The Balaban J connectivity index is 1.78. The molecule has 3 nitrogen and oxygen atoms in total. The third-order valence-corrected chi connectivity index (χ3v) is 4.65. The Morgan fingerprint density at radius 2 is 2.05 bits per heavy atom. The summed E-state index contributed by atoms with van der Waals surface area (Å²) in [7, 11) is 1.81. The lowest BCUT2D eigenvalue weighted by Crippen LogP contribution is -2.38. The fourth-order valence-corrected chi connectivity index (χ4v) is 3.20. The van der Waals surface area contributed by atoms with Crippen LogP contribution in [0, 0.1) is 0 Å². The van der Waals surface area contributed by atoms with Gasteiger partial charge in [-0.25, -0.2) is 0 Å². The zero-order valence-corrected chi connectivity index (χ0v) is 13.1. The minimum absolute atomic E-state index is 0.107. The van der Waals surface area contributed by atoms with E-state index in [1.165, 1.54) is 5.56 Å². The molecule has 0 spiro atoms. The SMILES string of the molecule is COC1CCN(CCC(N)c2ccccc2Br)CC1. The second-order valence-electron chi connectivity index (χ2n) is 5.19. The van der Waals surface area contributed by atoms with Crippen LogP contribution in [0.5, 0.6) is 0 Å². The smallest absolute Gasteiger partial charge is 0.0595 e. The summed E-state index contributed by atoms with van der Waals surface area (Å²) < 4.78 is 6.50. The van der Waals surface area contributed by atoms with Crippen LogP contribution >= 0.6 is 15.9 Å². The number of benzene rings is 1. The van der Waals surface area contributed by atoms with Crippen LogP contribution in [0.4, 0.5) is 0 Å². The molecule has 1 heterocycles. The molecule has 0 saturated carbocycles. The first-order chi connectivity index (χ1) is 9.20. The molecule has 106 valence electrons. The predicted molar refractivity (Wildman–Crippen MR) is 82.2 cm³/mol. The summed E-state index contributed by atoms with van der Waals surface area (Å²) in [5.41, 5.74) is 7.49. The van der Waals surface area contributed by atoms with Gasteiger partial charge in [-0.1, -0.05) is 34.1 Å². The zero-order valence-electron chi connectivity index (χ0n) is 11.5. The van der Waals surface area contributed by atoms with Gasteiger partial charge in [-0.05, 0) is 37.4 Å². The molecule has 2 N–H and O–H groups in total. The lowest BCUT2D eigenvalue weighted by Gasteiger charge is -2.31. The lowest BCUT2D eigenvalue weighted by atomic mass is 10.0. The number of rotatable bonds is 5.